The lowest BCUT2D eigenvalue weighted by molar-refractivity contribution is 0.00836. The van der Waals surface area contributed by atoms with E-state index in [0.717, 1.165) is 57.7 Å². The molecule has 0 amide bonds. The van der Waals surface area contributed by atoms with Crippen LogP contribution in [0, 0.1) is 5.82 Å². The number of phenolic OH excluding ortho intramolecular Hbond substituents is 1. The number of phenols is 1. The molecule has 3 aromatic rings. The summed E-state index contributed by atoms with van der Waals surface area (Å²) in [5, 5.41) is 9.50. The Kier molecular flexibility index (Phi) is 5.85. The van der Waals surface area contributed by atoms with Gasteiger partial charge in [-0.1, -0.05) is 42.5 Å². The zero-order valence-corrected chi connectivity index (χ0v) is 19.4. The minimum Gasteiger partial charge on any atom is -0.508 e. The van der Waals surface area contributed by atoms with Crippen LogP contribution >= 0.6 is 0 Å². The summed E-state index contributed by atoms with van der Waals surface area (Å²) < 4.78 is 20.9. The van der Waals surface area contributed by atoms with Crippen LogP contribution in [0.5, 0.6) is 5.75 Å². The van der Waals surface area contributed by atoms with Gasteiger partial charge in [0.15, 0.2) is 0 Å². The fourth-order valence-electron chi connectivity index (χ4n) is 5.99. The smallest absolute Gasteiger partial charge is 0.123 e. The maximum atomic E-state index is 14.2. The first-order chi connectivity index (χ1) is 16.6. The van der Waals surface area contributed by atoms with Crippen LogP contribution < -0.4 is 0 Å². The van der Waals surface area contributed by atoms with Gasteiger partial charge in [0.05, 0.1) is 12.2 Å². The maximum Gasteiger partial charge on any atom is 0.123 e. The molecule has 0 saturated carbocycles. The number of nitrogens with zero attached hydrogens (tertiary/aromatic N) is 2. The lowest BCUT2D eigenvalue weighted by Gasteiger charge is -2.35. The Labute approximate surface area is 200 Å². The van der Waals surface area contributed by atoms with Crippen molar-refractivity contribution in [2.24, 2.45) is 0 Å². The average Bonchev–Trinajstić information content (AvgIpc) is 3.21. The quantitative estimate of drug-likeness (QED) is 0.605. The Hall–Kier alpha value is -2.73. The molecule has 4 nitrogen and oxygen atoms in total. The van der Waals surface area contributed by atoms with E-state index in [4.69, 9.17) is 4.74 Å². The molecule has 3 unspecified atom stereocenters. The largest absolute Gasteiger partial charge is 0.508 e. The minimum atomic E-state index is -0.180. The molecule has 176 valence electrons. The first-order valence-electron chi connectivity index (χ1n) is 12.4. The second-order valence-corrected chi connectivity index (χ2v) is 9.98. The van der Waals surface area contributed by atoms with Gasteiger partial charge < -0.3 is 9.84 Å². The van der Waals surface area contributed by atoms with E-state index in [-0.39, 0.29) is 23.9 Å². The molecule has 0 bridgehead atoms. The molecule has 0 radical (unpaired) electrons. The number of halogens is 1. The van der Waals surface area contributed by atoms with E-state index < -0.39 is 0 Å². The summed E-state index contributed by atoms with van der Waals surface area (Å²) in [6, 6.07) is 21.4. The molecule has 3 aromatic carbocycles. The standard InChI is InChI=1S/C29H31FN2O2/c30-23-8-7-22-15-21-3-1-2-4-26(21)28-17-25(34-29(28)27(22)16-23)19-32-13-11-31(12-14-32)18-20-5-9-24(33)10-6-20/h1-10,16,25,28-29,33H,11-15,17-19H2. The van der Waals surface area contributed by atoms with Gasteiger partial charge in [0.25, 0.3) is 0 Å². The first-order valence-corrected chi connectivity index (χ1v) is 12.4. The molecule has 5 heteroatoms. The molecule has 2 saturated heterocycles. The lowest BCUT2D eigenvalue weighted by atomic mass is 9.87. The van der Waals surface area contributed by atoms with E-state index in [1.807, 2.05) is 18.2 Å². The molecule has 0 aromatic heterocycles. The normalized spacial score (nSPS) is 24.8. The monoisotopic (exact) mass is 458 g/mol. The number of benzene rings is 3. The summed E-state index contributed by atoms with van der Waals surface area (Å²) in [7, 11) is 0. The van der Waals surface area contributed by atoms with Crippen molar-refractivity contribution in [1.82, 2.24) is 9.80 Å². The third-order valence-electron chi connectivity index (χ3n) is 7.74. The molecule has 3 aliphatic rings. The molecule has 34 heavy (non-hydrogen) atoms. The summed E-state index contributed by atoms with van der Waals surface area (Å²) in [5.41, 5.74) is 6.16. The molecule has 2 aliphatic heterocycles. The van der Waals surface area contributed by atoms with E-state index in [1.54, 1.807) is 24.3 Å². The number of rotatable bonds is 4. The van der Waals surface area contributed by atoms with Gasteiger partial charge >= 0.3 is 0 Å². The summed E-state index contributed by atoms with van der Waals surface area (Å²) in [5.74, 6) is 0.412. The molecule has 3 atom stereocenters. The fourth-order valence-corrected chi connectivity index (χ4v) is 5.99. The third kappa shape index (κ3) is 4.36. The van der Waals surface area contributed by atoms with Crippen molar-refractivity contribution >= 4 is 0 Å². The lowest BCUT2D eigenvalue weighted by Crippen LogP contribution is -2.48. The second-order valence-electron chi connectivity index (χ2n) is 9.98. The summed E-state index contributed by atoms with van der Waals surface area (Å²) in [4.78, 5) is 4.99. The molecule has 2 fully saturated rings. The topological polar surface area (TPSA) is 35.9 Å². The molecule has 2 heterocycles. The van der Waals surface area contributed by atoms with Crippen LogP contribution in [-0.4, -0.2) is 53.7 Å². The van der Waals surface area contributed by atoms with Crippen molar-refractivity contribution in [3.8, 4) is 5.75 Å². The highest BCUT2D eigenvalue weighted by Gasteiger charge is 2.41. The van der Waals surface area contributed by atoms with Crippen molar-refractivity contribution in [2.45, 2.75) is 37.5 Å². The number of ether oxygens (including phenoxy) is 1. The van der Waals surface area contributed by atoms with Gasteiger partial charge in [0, 0.05) is 45.2 Å². The third-order valence-corrected chi connectivity index (χ3v) is 7.74. The second kappa shape index (κ2) is 9.14. The highest BCUT2D eigenvalue weighted by molar-refractivity contribution is 5.45. The Bertz CT molecular complexity index is 1160. The van der Waals surface area contributed by atoms with Crippen LogP contribution in [0.1, 0.15) is 46.3 Å². The van der Waals surface area contributed by atoms with E-state index in [1.165, 1.54) is 22.3 Å². The van der Waals surface area contributed by atoms with Crippen LogP contribution in [0.15, 0.2) is 66.7 Å². The van der Waals surface area contributed by atoms with Crippen molar-refractivity contribution in [1.29, 1.82) is 0 Å². The number of hydrogen-bond donors (Lipinski definition) is 1. The van der Waals surface area contributed by atoms with Crippen LogP contribution in [0.2, 0.25) is 0 Å². The fraction of sp³-hybridized carbons (Fsp3) is 0.379. The maximum absolute atomic E-state index is 14.2. The van der Waals surface area contributed by atoms with Crippen LogP contribution in [0.4, 0.5) is 4.39 Å². The van der Waals surface area contributed by atoms with Gasteiger partial charge in [-0.05, 0) is 64.9 Å². The SMILES string of the molecule is Oc1ccc(CN2CCN(CC3CC4c5ccccc5Cc5ccc(F)cc5C4O3)CC2)cc1. The van der Waals surface area contributed by atoms with Gasteiger partial charge in [0.1, 0.15) is 11.6 Å². The Balaban J connectivity index is 1.13. The number of hydrogen-bond acceptors (Lipinski definition) is 4. The van der Waals surface area contributed by atoms with Crippen LogP contribution in [-0.2, 0) is 17.7 Å². The van der Waals surface area contributed by atoms with Gasteiger partial charge in [-0.2, -0.15) is 0 Å². The average molecular weight is 459 g/mol. The summed E-state index contributed by atoms with van der Waals surface area (Å²) in [6.07, 6.45) is 1.90. The molecule has 1 aliphatic carbocycles. The number of piperazine rings is 1. The highest BCUT2D eigenvalue weighted by Crippen LogP contribution is 2.49. The van der Waals surface area contributed by atoms with Crippen LogP contribution in [0.3, 0.4) is 0 Å². The van der Waals surface area contributed by atoms with Crippen LogP contribution in [0.25, 0.3) is 0 Å². The predicted molar refractivity (Wildman–Crippen MR) is 130 cm³/mol. The molecular formula is C29H31FN2O2. The zero-order chi connectivity index (χ0) is 23.1. The Morgan fingerprint density at radius 2 is 1.59 bits per heavy atom. The van der Waals surface area contributed by atoms with E-state index >= 15 is 0 Å². The van der Waals surface area contributed by atoms with E-state index in [9.17, 15) is 9.50 Å². The zero-order valence-electron chi connectivity index (χ0n) is 19.4. The first kappa shape index (κ1) is 21.8. The molecule has 6 rings (SSSR count). The highest BCUT2D eigenvalue weighted by atomic mass is 19.1. The Morgan fingerprint density at radius 3 is 2.41 bits per heavy atom. The van der Waals surface area contributed by atoms with Crippen molar-refractivity contribution in [3.63, 3.8) is 0 Å². The minimum absolute atomic E-state index is 0.0739. The van der Waals surface area contributed by atoms with Crippen molar-refractivity contribution in [3.05, 3.63) is 100 Å². The van der Waals surface area contributed by atoms with E-state index in [2.05, 4.69) is 34.1 Å². The van der Waals surface area contributed by atoms with Gasteiger partial charge in [-0.25, -0.2) is 4.39 Å². The van der Waals surface area contributed by atoms with Crippen molar-refractivity contribution in [2.75, 3.05) is 32.7 Å². The van der Waals surface area contributed by atoms with Crippen molar-refractivity contribution < 1.29 is 14.2 Å². The van der Waals surface area contributed by atoms with Gasteiger partial charge in [-0.3, -0.25) is 9.80 Å². The Morgan fingerprint density at radius 1 is 0.853 bits per heavy atom. The molecule has 0 spiro atoms. The summed E-state index contributed by atoms with van der Waals surface area (Å²) >= 11 is 0. The molecule has 1 N–H and O–H groups in total. The van der Waals surface area contributed by atoms with E-state index in [0.29, 0.717) is 5.75 Å². The summed E-state index contributed by atoms with van der Waals surface area (Å²) in [6.45, 7) is 5.93. The number of aromatic hydroxyl groups is 1. The predicted octanol–water partition coefficient (Wildman–Crippen LogP) is 4.87. The number of fused-ring (bicyclic) bond motifs is 5. The molecular weight excluding hydrogens is 427 g/mol. The van der Waals surface area contributed by atoms with Gasteiger partial charge in [0.2, 0.25) is 0 Å². The van der Waals surface area contributed by atoms with Gasteiger partial charge in [-0.15, -0.1) is 0 Å².